The van der Waals surface area contributed by atoms with Crippen molar-refractivity contribution >= 4 is 71.1 Å². The van der Waals surface area contributed by atoms with Gasteiger partial charge in [-0.05, 0) is 184 Å². The van der Waals surface area contributed by atoms with Crippen LogP contribution in [0.15, 0.2) is 301 Å². The fourth-order valence-corrected chi connectivity index (χ4v) is 14.7. The molecule has 0 amide bonds. The minimum absolute atomic E-state index is 0. The maximum absolute atomic E-state index is 12.9. The summed E-state index contributed by atoms with van der Waals surface area (Å²) in [5, 5.41) is 33.0. The van der Waals surface area contributed by atoms with Gasteiger partial charge in [0.1, 0.15) is 5.82 Å². The van der Waals surface area contributed by atoms with Crippen LogP contribution in [-0.2, 0) is 100 Å². The number of hydrogen-bond acceptors (Lipinski definition) is 14. The maximum Gasteiger partial charge on any atom is 0.155 e. The van der Waals surface area contributed by atoms with Gasteiger partial charge in [0, 0.05) is 149 Å². The van der Waals surface area contributed by atoms with E-state index in [2.05, 4.69) is 228 Å². The molecule has 12 nitrogen and oxygen atoms in total. The molecule has 4 radical (unpaired) electrons. The number of halogens is 1. The van der Waals surface area contributed by atoms with Crippen molar-refractivity contribution < 1.29 is 115 Å². The Morgan fingerprint density at radius 2 is 0.928 bits per heavy atom. The predicted molar refractivity (Wildman–Crippen MR) is 498 cm³/mol. The number of carbonyl (C=O) groups is 3. The van der Waals surface area contributed by atoms with E-state index >= 15 is 0 Å². The number of aromatic nitrogens is 6. The van der Waals surface area contributed by atoms with E-state index in [1.165, 1.54) is 131 Å². The Balaban J connectivity index is 0.000000265. The van der Waals surface area contributed by atoms with Crippen molar-refractivity contribution in [2.45, 2.75) is 116 Å². The van der Waals surface area contributed by atoms with Crippen molar-refractivity contribution in [3.63, 3.8) is 0 Å². The largest absolute Gasteiger partial charge is 0.512 e. The van der Waals surface area contributed by atoms with Crippen LogP contribution in [0.5, 0.6) is 0 Å². The van der Waals surface area contributed by atoms with Gasteiger partial charge in [-0.1, -0.05) is 149 Å². The zero-order chi connectivity index (χ0) is 87.3. The number of hydrogen-bond donors (Lipinski definition) is 3. The van der Waals surface area contributed by atoms with Crippen LogP contribution in [0.3, 0.4) is 0 Å². The summed E-state index contributed by atoms with van der Waals surface area (Å²) in [5.41, 5.74) is 26.6. The number of thiophene rings is 2. The van der Waals surface area contributed by atoms with Gasteiger partial charge in [0.25, 0.3) is 0 Å². The molecular formula is C106H98FIr4N6O6S2-5. The van der Waals surface area contributed by atoms with Gasteiger partial charge in [0.2, 0.25) is 0 Å². The van der Waals surface area contributed by atoms with E-state index in [9.17, 15) is 18.8 Å². The van der Waals surface area contributed by atoms with Gasteiger partial charge in [0.15, 0.2) is 17.3 Å². The number of carbonyl (C=O) groups excluding carboxylic acids is 3. The third-order valence-corrected chi connectivity index (χ3v) is 19.8. The normalized spacial score (nSPS) is 10.7. The summed E-state index contributed by atoms with van der Waals surface area (Å²) in [5.74, 6) is -0.417. The molecule has 0 aliphatic carbocycles. The number of aliphatic hydroxyl groups is 3. The molecule has 0 aliphatic heterocycles. The van der Waals surface area contributed by atoms with Crippen LogP contribution in [0.25, 0.3) is 121 Å². The minimum atomic E-state index is -0.229. The second-order valence-electron chi connectivity index (χ2n) is 29.8. The van der Waals surface area contributed by atoms with Crippen molar-refractivity contribution in [1.29, 1.82) is 0 Å². The number of rotatable bonds is 11. The summed E-state index contributed by atoms with van der Waals surface area (Å²) in [6.45, 7) is 29.9. The van der Waals surface area contributed by atoms with Gasteiger partial charge >= 0.3 is 0 Å². The van der Waals surface area contributed by atoms with Crippen LogP contribution >= 0.6 is 22.7 Å². The van der Waals surface area contributed by atoms with Gasteiger partial charge in [0.05, 0.1) is 34.2 Å². The molecule has 0 fully saturated rings. The summed E-state index contributed by atoms with van der Waals surface area (Å²) in [6.07, 6.45) is 8.99. The topological polar surface area (TPSA) is 189 Å². The first-order valence-electron chi connectivity index (χ1n) is 39.2. The monoisotopic (exact) mass is 2410 g/mol. The molecular weight excluding hydrogens is 2310 g/mol. The van der Waals surface area contributed by atoms with E-state index in [-0.39, 0.29) is 126 Å². The molecule has 9 aromatic carbocycles. The Kier molecular flexibility index (Phi) is 43.0. The fourth-order valence-electron chi connectivity index (χ4n) is 12.9. The average Bonchev–Trinajstić information content (AvgIpc) is 1.74. The van der Waals surface area contributed by atoms with E-state index in [1.807, 2.05) is 116 Å². The number of para-hydroxylation sites is 1. The molecule has 0 aliphatic rings. The van der Waals surface area contributed by atoms with Crippen molar-refractivity contribution in [2.24, 2.45) is 0 Å². The smallest absolute Gasteiger partial charge is 0.155 e. The summed E-state index contributed by atoms with van der Waals surface area (Å²) in [7, 11) is 0. The van der Waals surface area contributed by atoms with Crippen LogP contribution in [0.1, 0.15) is 107 Å². The summed E-state index contributed by atoms with van der Waals surface area (Å²) in [6, 6.07) is 94.6. The summed E-state index contributed by atoms with van der Waals surface area (Å²) in [4.78, 5) is 58.3. The number of nitrogens with zero attached hydrogens (tertiary/aromatic N) is 6. The number of pyridine rings is 4. The van der Waals surface area contributed by atoms with Crippen molar-refractivity contribution in [3.8, 4) is 89.9 Å². The van der Waals surface area contributed by atoms with Crippen molar-refractivity contribution in [1.82, 2.24) is 29.9 Å². The van der Waals surface area contributed by atoms with Crippen LogP contribution in [-0.4, -0.2) is 62.6 Å². The van der Waals surface area contributed by atoms with Gasteiger partial charge in [-0.15, -0.1) is 201 Å². The van der Waals surface area contributed by atoms with Crippen molar-refractivity contribution in [3.05, 3.63) is 382 Å². The van der Waals surface area contributed by atoms with E-state index in [1.54, 1.807) is 47.2 Å². The first-order chi connectivity index (χ1) is 57.9. The Morgan fingerprint density at radius 1 is 0.408 bits per heavy atom. The van der Waals surface area contributed by atoms with E-state index in [4.69, 9.17) is 30.3 Å². The molecule has 0 saturated heterocycles. The number of benzene rings is 9. The molecule has 3 N–H and O–H groups in total. The Labute approximate surface area is 796 Å². The predicted octanol–water partition coefficient (Wildman–Crippen LogP) is 27.4. The van der Waals surface area contributed by atoms with Gasteiger partial charge < -0.3 is 35.3 Å². The second kappa shape index (κ2) is 51.4. The van der Waals surface area contributed by atoms with E-state index < -0.39 is 0 Å². The molecule has 0 bridgehead atoms. The van der Waals surface area contributed by atoms with Gasteiger partial charge in [-0.2, -0.15) is 0 Å². The average molecular weight is 2400 g/mol. The number of allylic oxidation sites excluding steroid dienone is 6. The van der Waals surface area contributed by atoms with Crippen LogP contribution in [0.2, 0.25) is 0 Å². The fraction of sp³-hybridized carbons (Fsp3) is 0.160. The van der Waals surface area contributed by atoms with E-state index in [0.29, 0.717) is 0 Å². The second-order valence-corrected chi connectivity index (χ2v) is 31.7. The standard InChI is InChI=1S/C28H27N2.C21H18NS.C17H11FN.C14H10NS.C11H8N.3C5H8O2.4Ir/c1-17-10-18(2)13-23(12-17)27-28(24-14-19(3)11-20(4)15-24)30-25(16-29-27)26-21(5)8-7-9-22(26)6;1-21(2,3)15-10-8-14(9-11-15)19-17-12-13-23-20(17)16-6-4-5-7-18(16)22-19;18-16-9-6-13(7-10-16)15-8-11-17(19-12-15)14-4-2-1-3-5-14;1-10-9-13-12(7-8-16-13)14(15-10)11-5-3-2-4-6-11;1-2-6-10(7-3-1)11-8-4-5-9-12-11;3*1-4(6)3-5(2)7;;;;/h7-12,14-16H,1-6H3;4-8,10-13H,1-3H3;1-4,6-12H;2-5,7-9H,1H3;1-6,8-9H;3*3,6H,1-2H3;;;;/q5*-1;;;;;;;. The zero-order valence-corrected chi connectivity index (χ0v) is 83.6. The number of aryl methyl sites for hydroxylation is 7. The Hall–Kier alpha value is -11.0. The number of fused-ring (bicyclic) bond motifs is 4. The van der Waals surface area contributed by atoms with Crippen LogP contribution in [0, 0.1) is 84.6 Å². The Morgan fingerprint density at radius 3 is 1.43 bits per heavy atom. The summed E-state index contributed by atoms with van der Waals surface area (Å²) >= 11 is 3.54. The summed E-state index contributed by atoms with van der Waals surface area (Å²) < 4.78 is 15.5. The molecule has 125 heavy (non-hydrogen) atoms. The molecule has 0 unspecified atom stereocenters. The molecule has 0 spiro atoms. The third-order valence-electron chi connectivity index (χ3n) is 18.0. The van der Waals surface area contributed by atoms with Crippen LogP contribution in [0.4, 0.5) is 4.39 Å². The first-order valence-corrected chi connectivity index (χ1v) is 41.0. The minimum Gasteiger partial charge on any atom is -0.512 e. The number of ketones is 3. The molecule has 648 valence electrons. The van der Waals surface area contributed by atoms with Crippen molar-refractivity contribution in [2.75, 3.05) is 0 Å². The molecule has 16 aromatic rings. The molecule has 16 rings (SSSR count). The molecule has 19 heteroatoms. The SMILES string of the molecule is CC(=O)C=C(C)O.CC(=O)C=C(C)O.CC(=O)C=C(C)O.CC(C)(C)c1c[c-]c(-c2nc3ccccc3c3sccc23)cc1.Cc1[c-]c(-c2ncc(-c3c(C)cccc3C)nc2-c2cc(C)cc(C)c2)cc(C)c1.Cc1cc2sccc2c(-c2[c-]cccc2)n1.Fc1ccc(-c2ccc(-c3[c-]cccc3)nc2)cc1.[Ir].[Ir].[Ir].[Ir].[c-]1ccccc1-c1ccccn1. The van der Waals surface area contributed by atoms with Crippen LogP contribution < -0.4 is 0 Å². The van der Waals surface area contributed by atoms with Gasteiger partial charge in [-0.3, -0.25) is 24.4 Å². The van der Waals surface area contributed by atoms with Gasteiger partial charge in [-0.25, -0.2) is 4.39 Å². The van der Waals surface area contributed by atoms with E-state index in [0.717, 1.165) is 107 Å². The number of aliphatic hydroxyl groups excluding tert-OH is 3. The molecule has 0 atom stereocenters. The first kappa shape index (κ1) is 105. The molecule has 7 aromatic heterocycles. The molecule has 0 saturated carbocycles. The third kappa shape index (κ3) is 32.5. The maximum atomic E-state index is 12.9. The zero-order valence-electron chi connectivity index (χ0n) is 72.4. The Bertz CT molecular complexity index is 6090. The molecule has 7 heterocycles. The quantitative estimate of drug-likeness (QED) is 0.0632.